The number of unbranched alkanes of at least 4 members (excludes halogenated alkanes) is 4. The predicted octanol–water partition coefficient (Wildman–Crippen LogP) is 8.47. The summed E-state index contributed by atoms with van der Waals surface area (Å²) in [5.41, 5.74) is 0. The van der Waals surface area contributed by atoms with Crippen LogP contribution in [0, 0.1) is 0 Å². The molecular weight excluding hydrogens is 946 g/mol. The molecule has 9 atom stereocenters. The van der Waals surface area contributed by atoms with Crippen molar-refractivity contribution in [3.8, 4) is 0 Å². The maximum absolute atomic E-state index is 13.0. The van der Waals surface area contributed by atoms with Crippen molar-refractivity contribution in [3.63, 3.8) is 0 Å². The van der Waals surface area contributed by atoms with Crippen LogP contribution in [0.1, 0.15) is 123 Å². The smallest absolute Gasteiger partial charge is 0.462 e. The van der Waals surface area contributed by atoms with E-state index in [1.807, 2.05) is 54.7 Å². The van der Waals surface area contributed by atoms with Gasteiger partial charge < -0.3 is 49.7 Å². The average Bonchev–Trinajstić information content (AvgIpc) is 3.31. The number of phosphoric acid groups is 2. The van der Waals surface area contributed by atoms with Gasteiger partial charge in [-0.25, -0.2) is 9.13 Å². The Morgan fingerprint density at radius 2 is 1.06 bits per heavy atom. The number of hydrogen-bond donors (Lipinski definition) is 8. The molecule has 1 fully saturated rings. The van der Waals surface area contributed by atoms with E-state index < -0.39 is 89.6 Å². The summed E-state index contributed by atoms with van der Waals surface area (Å²) in [7, 11) is -10.8. The first-order valence-electron chi connectivity index (χ1n) is 24.2. The molecule has 0 aromatic rings. The van der Waals surface area contributed by atoms with Crippen LogP contribution in [0.3, 0.4) is 0 Å². The Balaban J connectivity index is 2.71. The highest BCUT2D eigenvalue weighted by Crippen LogP contribution is 2.49. The Morgan fingerprint density at radius 1 is 0.543 bits per heavy atom. The molecule has 17 nitrogen and oxygen atoms in total. The molecule has 396 valence electrons. The topological polar surface area (TPSA) is 276 Å². The predicted molar refractivity (Wildman–Crippen MR) is 270 cm³/mol. The third kappa shape index (κ3) is 33.9. The summed E-state index contributed by atoms with van der Waals surface area (Å²) in [6, 6.07) is 0. The number of rotatable bonds is 38. The number of ether oxygens (including phenoxy) is 2. The lowest BCUT2D eigenvalue weighted by molar-refractivity contribution is -0.216. The molecule has 1 aliphatic carbocycles. The van der Waals surface area contributed by atoms with Gasteiger partial charge >= 0.3 is 27.6 Å². The molecule has 1 rings (SSSR count). The van der Waals surface area contributed by atoms with Gasteiger partial charge in [0.15, 0.2) is 6.10 Å². The van der Waals surface area contributed by atoms with Crippen LogP contribution >= 0.6 is 15.6 Å². The summed E-state index contributed by atoms with van der Waals surface area (Å²) < 4.78 is 49.2. The Hall–Kier alpha value is -3.64. The molecule has 0 aromatic heterocycles. The number of phosphoric ester groups is 2. The highest BCUT2D eigenvalue weighted by molar-refractivity contribution is 7.47. The van der Waals surface area contributed by atoms with Gasteiger partial charge in [-0.3, -0.25) is 23.2 Å². The van der Waals surface area contributed by atoms with Gasteiger partial charge in [-0.15, -0.1) is 0 Å². The molecule has 0 bridgehead atoms. The van der Waals surface area contributed by atoms with Crippen LogP contribution in [0.5, 0.6) is 0 Å². The summed E-state index contributed by atoms with van der Waals surface area (Å²) in [6.45, 7) is 2.77. The second-order valence-electron chi connectivity index (χ2n) is 16.3. The third-order valence-corrected chi connectivity index (χ3v) is 11.6. The lowest BCUT2D eigenvalue weighted by Crippen LogP contribution is -2.64. The monoisotopic (exact) mass is 1030 g/mol. The van der Waals surface area contributed by atoms with Gasteiger partial charge in [0.05, 0.1) is 12.7 Å². The van der Waals surface area contributed by atoms with Crippen LogP contribution < -0.4 is 0 Å². The van der Waals surface area contributed by atoms with Crippen molar-refractivity contribution in [2.75, 3.05) is 13.2 Å². The number of carbonyl (C=O) groups is 2. The highest BCUT2D eigenvalue weighted by Gasteiger charge is 2.54. The Kier molecular flexibility index (Phi) is 36.7. The zero-order valence-corrected chi connectivity index (χ0v) is 42.5. The van der Waals surface area contributed by atoms with Crippen LogP contribution in [0.25, 0.3) is 0 Å². The number of hydrogen-bond acceptors (Lipinski definition) is 14. The summed E-state index contributed by atoms with van der Waals surface area (Å²) in [6.07, 6.45) is 36.2. The molecule has 0 radical (unpaired) electrons. The van der Waals surface area contributed by atoms with E-state index >= 15 is 0 Å². The number of carbonyl (C=O) groups excluding carboxylic acids is 2. The van der Waals surface area contributed by atoms with E-state index in [4.69, 9.17) is 18.5 Å². The summed E-state index contributed by atoms with van der Waals surface area (Å²) in [5, 5.41) is 51.3. The quantitative estimate of drug-likeness (QED) is 0.00946. The minimum absolute atomic E-state index is 0.0129. The number of allylic oxidation sites excluding steroid dienone is 18. The molecule has 0 aromatic carbocycles. The van der Waals surface area contributed by atoms with Crippen molar-refractivity contribution in [1.82, 2.24) is 0 Å². The maximum Gasteiger partial charge on any atom is 0.472 e. The second kappa shape index (κ2) is 39.9. The Morgan fingerprint density at radius 3 is 1.63 bits per heavy atom. The first kappa shape index (κ1) is 64.4. The fourth-order valence-electron chi connectivity index (χ4n) is 6.36. The van der Waals surface area contributed by atoms with Crippen molar-refractivity contribution < 1.29 is 82.0 Å². The third-order valence-electron chi connectivity index (χ3n) is 10.1. The molecule has 8 N–H and O–H groups in total. The molecule has 1 aliphatic rings. The van der Waals surface area contributed by atoms with Crippen molar-refractivity contribution >= 4 is 27.6 Å². The zero-order chi connectivity index (χ0) is 51.9. The largest absolute Gasteiger partial charge is 0.472 e. The second-order valence-corrected chi connectivity index (χ2v) is 18.9. The van der Waals surface area contributed by atoms with E-state index in [1.54, 1.807) is 18.2 Å². The molecule has 70 heavy (non-hydrogen) atoms. The molecule has 1 saturated carbocycles. The van der Waals surface area contributed by atoms with E-state index in [-0.39, 0.29) is 19.3 Å². The minimum Gasteiger partial charge on any atom is -0.462 e. The van der Waals surface area contributed by atoms with E-state index in [0.29, 0.717) is 32.1 Å². The molecule has 0 spiro atoms. The first-order valence-corrected chi connectivity index (χ1v) is 27.2. The minimum atomic E-state index is -5.39. The van der Waals surface area contributed by atoms with E-state index in [1.165, 1.54) is 19.3 Å². The van der Waals surface area contributed by atoms with Crippen molar-refractivity contribution in [1.29, 1.82) is 0 Å². The van der Waals surface area contributed by atoms with Crippen LogP contribution in [0.15, 0.2) is 122 Å². The Labute approximate surface area is 414 Å². The van der Waals surface area contributed by atoms with E-state index in [9.17, 15) is 58.9 Å². The van der Waals surface area contributed by atoms with Crippen LogP contribution in [0.4, 0.5) is 0 Å². The van der Waals surface area contributed by atoms with Gasteiger partial charge in [-0.1, -0.05) is 148 Å². The molecule has 0 heterocycles. The van der Waals surface area contributed by atoms with Crippen molar-refractivity contribution in [2.45, 2.75) is 172 Å². The normalized spacial score (nSPS) is 22.5. The van der Waals surface area contributed by atoms with Gasteiger partial charge in [-0.05, 0) is 83.5 Å². The molecule has 0 saturated heterocycles. The van der Waals surface area contributed by atoms with Gasteiger partial charge in [0.1, 0.15) is 43.2 Å². The van der Waals surface area contributed by atoms with Crippen LogP contribution in [-0.4, -0.2) is 114 Å². The van der Waals surface area contributed by atoms with Crippen LogP contribution in [0.2, 0.25) is 0 Å². The molecule has 0 amide bonds. The number of aliphatic hydroxyl groups is 5. The fourth-order valence-corrected chi connectivity index (χ4v) is 7.90. The van der Waals surface area contributed by atoms with Gasteiger partial charge in [0, 0.05) is 12.8 Å². The maximum atomic E-state index is 13.0. The highest BCUT2D eigenvalue weighted by atomic mass is 31.2. The van der Waals surface area contributed by atoms with E-state index in [0.717, 1.165) is 38.5 Å². The lowest BCUT2D eigenvalue weighted by Gasteiger charge is -2.43. The van der Waals surface area contributed by atoms with Gasteiger partial charge in [0.25, 0.3) is 0 Å². The number of esters is 2. The van der Waals surface area contributed by atoms with Crippen LogP contribution in [-0.2, 0) is 41.8 Å². The summed E-state index contributed by atoms with van der Waals surface area (Å²) in [4.78, 5) is 54.3. The summed E-state index contributed by atoms with van der Waals surface area (Å²) in [5.74, 6) is -1.42. The molecular formula is C51H80O17P2. The number of aliphatic hydroxyl groups excluding tert-OH is 5. The average molecular weight is 1030 g/mol. The SMILES string of the molecule is CC/C=C\C/C=C\CC(O)/C=C/C=C\C/C=C\CCCC(=O)OC[C@H](COP(=O)(O)O[C@H]1C(O)C(O)C(O)[C@@H](OP(=O)(O)O)C1O)OC(=O)CC/C=C\C/C=C\C/C=C\C/C=C\C/C=C\CCCCC. The van der Waals surface area contributed by atoms with Crippen molar-refractivity contribution in [2.24, 2.45) is 0 Å². The fraction of sp³-hybridized carbons (Fsp3) is 0.569. The standard InChI is InChI=1S/C51H80O17P2/c1-3-5-7-9-11-12-13-14-15-16-17-18-19-20-21-22-27-31-35-39-45(54)66-43(41-65-70(62,63)68-51-48(57)46(55)47(56)50(49(51)58)67-69(59,60)61)40-64-44(53)38-34-30-26-24-23-25-29-33-37-42(52)36-32-28-10-8-6-4-2/h6,8,11-12,14-15,17-18,20-21,24-29,31-33,37,42-43,46-52,55-58H,3-5,7,9-10,13,16,19,22-23,30,34-36,38-41H2,1-2H3,(H,62,63)(H2,59,60,61)/b8-6-,12-11-,15-14-,18-17-,21-20-,26-24-,29-25-,31-27-,32-28-,37-33+/t42?,43-,46?,47?,48?,49?,50-,51+/m1/s1. The molecule has 0 aliphatic heterocycles. The Bertz CT molecular complexity index is 1830. The molecule has 6 unspecified atom stereocenters. The zero-order valence-electron chi connectivity index (χ0n) is 40.7. The van der Waals surface area contributed by atoms with E-state index in [2.05, 4.69) is 67.0 Å². The lowest BCUT2D eigenvalue weighted by atomic mass is 9.85. The molecule has 19 heteroatoms. The van der Waals surface area contributed by atoms with Crippen molar-refractivity contribution in [3.05, 3.63) is 122 Å². The first-order chi connectivity index (χ1) is 33.5. The van der Waals surface area contributed by atoms with Gasteiger partial charge in [-0.2, -0.15) is 0 Å². The summed E-state index contributed by atoms with van der Waals surface area (Å²) >= 11 is 0. The van der Waals surface area contributed by atoms with Gasteiger partial charge in [0.2, 0.25) is 0 Å².